The molecule has 0 bridgehead atoms. The number of aliphatic hydroxyl groups excluding tert-OH is 2. The Balaban J connectivity index is 2.73. The zero-order valence-electron chi connectivity index (χ0n) is 5.97. The van der Waals surface area contributed by atoms with Crippen molar-refractivity contribution in [2.75, 3.05) is 6.61 Å². The molecule has 1 rings (SSSR count). The first-order valence-electron chi connectivity index (χ1n) is 3.12. The van der Waals surface area contributed by atoms with Crippen molar-refractivity contribution >= 4 is 19.5 Å². The van der Waals surface area contributed by atoms with E-state index in [4.69, 9.17) is 20.8 Å². The monoisotopic (exact) mass is 193 g/mol. The third-order valence-corrected chi connectivity index (χ3v) is 3.26. The molecule has 1 saturated heterocycles. The van der Waals surface area contributed by atoms with Crippen molar-refractivity contribution in [3.8, 4) is 0 Å². The number of aliphatic hydroxyl groups is 2. The predicted molar refractivity (Wildman–Crippen MR) is 39.2 cm³/mol. The predicted octanol–water partition coefficient (Wildman–Crippen LogP) is -2.51. The molecule has 1 fully saturated rings. The van der Waals surface area contributed by atoms with Crippen molar-refractivity contribution in [1.29, 1.82) is 0 Å². The SMILES string of the molecule is NC1(C(=O)C(O)CO)C(=O)P1O. The second kappa shape index (κ2) is 2.83. The topological polar surface area (TPSA) is 121 Å². The molecule has 5 N–H and O–H groups in total. The van der Waals surface area contributed by atoms with Gasteiger partial charge in [-0.25, -0.2) is 0 Å². The Morgan fingerprint density at radius 1 is 1.75 bits per heavy atom. The van der Waals surface area contributed by atoms with Crippen molar-refractivity contribution in [3.05, 3.63) is 0 Å². The fraction of sp³-hybridized carbons (Fsp3) is 0.600. The van der Waals surface area contributed by atoms with Crippen LogP contribution >= 0.6 is 8.15 Å². The van der Waals surface area contributed by atoms with Crippen molar-refractivity contribution < 1.29 is 24.7 Å². The average Bonchev–Trinajstić information content (AvgIpc) is 2.55. The standard InChI is InChI=1S/C5H8NO5P/c6-5(4(10)12(5)11)3(9)2(8)1-7/h2,7-8,11H,1,6H2. The average molecular weight is 193 g/mol. The number of carbonyl (C=O) groups excluding carboxylic acids is 2. The van der Waals surface area contributed by atoms with Gasteiger partial charge in [-0.3, -0.25) is 9.59 Å². The number of carbonyl (C=O) groups is 2. The fourth-order valence-corrected chi connectivity index (χ4v) is 1.84. The van der Waals surface area contributed by atoms with E-state index in [-0.39, 0.29) is 0 Å². The number of hydrogen-bond acceptors (Lipinski definition) is 6. The minimum absolute atomic E-state index is 0.755. The van der Waals surface area contributed by atoms with Gasteiger partial charge in [0.1, 0.15) is 14.3 Å². The second-order valence-electron chi connectivity index (χ2n) is 2.45. The molecular weight excluding hydrogens is 185 g/mol. The first-order valence-corrected chi connectivity index (χ1v) is 4.41. The smallest absolute Gasteiger partial charge is 0.218 e. The largest absolute Gasteiger partial charge is 0.393 e. The Kier molecular flexibility index (Phi) is 2.29. The molecule has 0 aliphatic carbocycles. The number of Topliss-reactive ketones (excluding diaryl/α,β-unsaturated/α-hetero) is 1. The van der Waals surface area contributed by atoms with Crippen LogP contribution < -0.4 is 5.73 Å². The maximum atomic E-state index is 11.0. The molecule has 0 amide bonds. The van der Waals surface area contributed by atoms with Crippen LogP contribution in [0.1, 0.15) is 0 Å². The highest BCUT2D eigenvalue weighted by atomic mass is 31.2. The highest BCUT2D eigenvalue weighted by molar-refractivity contribution is 7.86. The summed E-state index contributed by atoms with van der Waals surface area (Å²) in [5, 5.41) is 15.2. The Labute approximate surface area is 68.8 Å². The zero-order valence-corrected chi connectivity index (χ0v) is 6.86. The summed E-state index contributed by atoms with van der Waals surface area (Å²) < 4.78 is 0. The molecular formula is C5H8NO5P. The lowest BCUT2D eigenvalue weighted by molar-refractivity contribution is -0.132. The van der Waals surface area contributed by atoms with E-state index < -0.39 is 37.4 Å². The summed E-state index contributed by atoms with van der Waals surface area (Å²) in [6.07, 6.45) is -1.68. The Morgan fingerprint density at radius 2 is 2.17 bits per heavy atom. The molecule has 0 radical (unpaired) electrons. The quantitative estimate of drug-likeness (QED) is 0.290. The molecule has 3 unspecified atom stereocenters. The highest BCUT2D eigenvalue weighted by Crippen LogP contribution is 2.64. The number of hydrogen-bond donors (Lipinski definition) is 4. The Hall–Kier alpha value is -0.390. The summed E-state index contributed by atoms with van der Waals surface area (Å²) in [6, 6.07) is 0. The lowest BCUT2D eigenvalue weighted by atomic mass is 10.1. The molecule has 68 valence electrons. The van der Waals surface area contributed by atoms with Gasteiger partial charge in [0.2, 0.25) is 5.52 Å². The Morgan fingerprint density at radius 3 is 2.42 bits per heavy atom. The third-order valence-electron chi connectivity index (χ3n) is 1.65. The van der Waals surface area contributed by atoms with Gasteiger partial charge in [0.05, 0.1) is 6.61 Å². The second-order valence-corrected chi connectivity index (χ2v) is 4.18. The molecule has 1 aliphatic heterocycles. The highest BCUT2D eigenvalue weighted by Gasteiger charge is 2.69. The first kappa shape index (κ1) is 9.70. The van der Waals surface area contributed by atoms with Crippen LogP contribution in [0.25, 0.3) is 0 Å². The summed E-state index contributed by atoms with van der Waals surface area (Å²) in [7, 11) is -2.14. The maximum absolute atomic E-state index is 11.0. The number of nitrogens with two attached hydrogens (primary N) is 1. The molecule has 1 heterocycles. The van der Waals surface area contributed by atoms with E-state index in [0.717, 1.165) is 0 Å². The van der Waals surface area contributed by atoms with E-state index in [1.54, 1.807) is 0 Å². The van der Waals surface area contributed by atoms with Gasteiger partial charge in [0.25, 0.3) is 0 Å². The molecule has 7 heteroatoms. The molecule has 0 aromatic heterocycles. The van der Waals surface area contributed by atoms with Gasteiger partial charge in [-0.15, -0.1) is 0 Å². The van der Waals surface area contributed by atoms with E-state index in [0.29, 0.717) is 0 Å². The Bertz CT molecular complexity index is 244. The van der Waals surface area contributed by atoms with Crippen molar-refractivity contribution in [2.45, 2.75) is 11.4 Å². The summed E-state index contributed by atoms with van der Waals surface area (Å²) >= 11 is 0. The van der Waals surface area contributed by atoms with E-state index >= 15 is 0 Å². The van der Waals surface area contributed by atoms with Crippen molar-refractivity contribution in [2.24, 2.45) is 5.73 Å². The van der Waals surface area contributed by atoms with Gasteiger partial charge in [-0.1, -0.05) is 0 Å². The van der Waals surface area contributed by atoms with Crippen LogP contribution in [0.2, 0.25) is 0 Å². The molecule has 0 aromatic carbocycles. The summed E-state index contributed by atoms with van der Waals surface area (Å²) in [4.78, 5) is 30.5. The van der Waals surface area contributed by atoms with Crippen LogP contribution in [0, 0.1) is 0 Å². The van der Waals surface area contributed by atoms with Gasteiger partial charge < -0.3 is 20.8 Å². The van der Waals surface area contributed by atoms with E-state index in [9.17, 15) is 9.59 Å². The minimum Gasteiger partial charge on any atom is -0.393 e. The molecule has 0 spiro atoms. The van der Waals surface area contributed by atoms with Crippen LogP contribution in [0.4, 0.5) is 0 Å². The van der Waals surface area contributed by atoms with Crippen LogP contribution in [-0.4, -0.2) is 44.4 Å². The van der Waals surface area contributed by atoms with E-state index in [1.165, 1.54) is 0 Å². The number of ketones is 1. The van der Waals surface area contributed by atoms with Gasteiger partial charge in [0, 0.05) is 0 Å². The number of rotatable bonds is 3. The van der Waals surface area contributed by atoms with Crippen LogP contribution in [-0.2, 0) is 9.59 Å². The lowest BCUT2D eigenvalue weighted by Crippen LogP contribution is -2.43. The van der Waals surface area contributed by atoms with E-state index in [1.807, 2.05) is 0 Å². The molecule has 0 saturated carbocycles. The van der Waals surface area contributed by atoms with Crippen molar-refractivity contribution in [3.63, 3.8) is 0 Å². The van der Waals surface area contributed by atoms with Gasteiger partial charge >= 0.3 is 0 Å². The minimum atomic E-state index is -2.14. The molecule has 6 nitrogen and oxygen atoms in total. The normalized spacial score (nSPS) is 36.3. The zero-order chi connectivity index (χ0) is 9.52. The van der Waals surface area contributed by atoms with Crippen LogP contribution in [0.15, 0.2) is 0 Å². The molecule has 0 aromatic rings. The van der Waals surface area contributed by atoms with E-state index in [2.05, 4.69) is 0 Å². The maximum Gasteiger partial charge on any atom is 0.218 e. The molecule has 3 atom stereocenters. The third kappa shape index (κ3) is 1.09. The molecule has 1 aliphatic rings. The fourth-order valence-electron chi connectivity index (χ4n) is 0.776. The molecule has 12 heavy (non-hydrogen) atoms. The van der Waals surface area contributed by atoms with Gasteiger partial charge in [-0.05, 0) is 0 Å². The first-order chi connectivity index (χ1) is 5.46. The van der Waals surface area contributed by atoms with Crippen molar-refractivity contribution in [1.82, 2.24) is 0 Å². The van der Waals surface area contributed by atoms with Crippen LogP contribution in [0.3, 0.4) is 0 Å². The lowest BCUT2D eigenvalue weighted by Gasteiger charge is -2.08. The summed E-state index contributed by atoms with van der Waals surface area (Å²) in [6.45, 7) is -0.797. The summed E-state index contributed by atoms with van der Waals surface area (Å²) in [5.74, 6) is -1.01. The summed E-state index contributed by atoms with van der Waals surface area (Å²) in [5.41, 5.74) is 4.41. The van der Waals surface area contributed by atoms with Crippen LogP contribution in [0.5, 0.6) is 0 Å². The van der Waals surface area contributed by atoms with Gasteiger partial charge in [0.15, 0.2) is 11.1 Å². The van der Waals surface area contributed by atoms with Gasteiger partial charge in [-0.2, -0.15) is 0 Å².